The van der Waals surface area contributed by atoms with Crippen LogP contribution in [0, 0.1) is 0 Å². The van der Waals surface area contributed by atoms with Gasteiger partial charge in [0.05, 0.1) is 0 Å². The van der Waals surface area contributed by atoms with Crippen molar-refractivity contribution in [2.45, 2.75) is 50.7 Å². The number of amides is 2. The van der Waals surface area contributed by atoms with Crippen molar-refractivity contribution in [3.05, 3.63) is 65.7 Å². The second-order valence-corrected chi connectivity index (χ2v) is 8.64. The van der Waals surface area contributed by atoms with Crippen molar-refractivity contribution >= 4 is 29.1 Å². The van der Waals surface area contributed by atoms with Crippen LogP contribution in [0.1, 0.15) is 49.3 Å². The number of hydrogen-bond donors (Lipinski definition) is 1. The topological polar surface area (TPSA) is 52.7 Å². The lowest BCUT2D eigenvalue weighted by Crippen LogP contribution is -2.47. The average molecular weight is 442 g/mol. The van der Waals surface area contributed by atoms with E-state index in [9.17, 15) is 9.59 Å². The molecule has 1 aliphatic carbocycles. The summed E-state index contributed by atoms with van der Waals surface area (Å²) < 4.78 is 0. The van der Waals surface area contributed by atoms with Gasteiger partial charge in [-0.25, -0.2) is 0 Å². The van der Waals surface area contributed by atoms with Gasteiger partial charge in [-0.3, -0.25) is 9.59 Å². The van der Waals surface area contributed by atoms with Crippen molar-refractivity contribution in [3.63, 3.8) is 0 Å². The van der Waals surface area contributed by atoms with Crippen molar-refractivity contribution in [1.82, 2.24) is 10.2 Å². The number of hydrogen-bond acceptors (Lipinski definition) is 3. The molecule has 3 rings (SSSR count). The lowest BCUT2D eigenvalue weighted by Gasteiger charge is -2.33. The van der Waals surface area contributed by atoms with Crippen LogP contribution in [0.25, 0.3) is 0 Å². The fourth-order valence-corrected chi connectivity index (χ4v) is 4.29. The van der Waals surface area contributed by atoms with Crippen LogP contribution in [0.15, 0.2) is 54.6 Å². The van der Waals surface area contributed by atoms with Gasteiger partial charge in [-0.05, 0) is 36.1 Å². The van der Waals surface area contributed by atoms with Crippen molar-refractivity contribution < 1.29 is 9.59 Å². The highest BCUT2D eigenvalue weighted by molar-refractivity contribution is 6.27. The van der Waals surface area contributed by atoms with E-state index in [1.54, 1.807) is 4.90 Å². The zero-order valence-corrected chi connectivity index (χ0v) is 19.1. The third-order valence-electron chi connectivity index (χ3n) is 5.87. The number of carbonyl (C=O) groups excluding carboxylic acids is 2. The van der Waals surface area contributed by atoms with Crippen molar-refractivity contribution in [2.24, 2.45) is 0 Å². The molecule has 0 saturated heterocycles. The van der Waals surface area contributed by atoms with Crippen LogP contribution in [-0.4, -0.2) is 42.7 Å². The van der Waals surface area contributed by atoms with Gasteiger partial charge in [0.15, 0.2) is 0 Å². The summed E-state index contributed by atoms with van der Waals surface area (Å²) in [5, 5.41) is 3.21. The van der Waals surface area contributed by atoms with Crippen molar-refractivity contribution in [2.75, 3.05) is 24.9 Å². The van der Waals surface area contributed by atoms with Crippen LogP contribution in [0.3, 0.4) is 0 Å². The summed E-state index contributed by atoms with van der Waals surface area (Å²) in [6.07, 6.45) is 5.44. The highest BCUT2D eigenvalue weighted by Crippen LogP contribution is 2.27. The molecule has 1 aliphatic rings. The van der Waals surface area contributed by atoms with Crippen LogP contribution in [0.4, 0.5) is 5.69 Å². The summed E-state index contributed by atoms with van der Waals surface area (Å²) >= 11 is 5.98. The largest absolute Gasteiger partial charge is 0.378 e. The van der Waals surface area contributed by atoms with Crippen LogP contribution < -0.4 is 10.2 Å². The Morgan fingerprint density at radius 2 is 1.65 bits per heavy atom. The Labute approximate surface area is 190 Å². The molecule has 0 spiro atoms. The predicted molar refractivity (Wildman–Crippen MR) is 126 cm³/mol. The maximum Gasteiger partial charge on any atom is 0.247 e. The van der Waals surface area contributed by atoms with E-state index in [1.165, 1.54) is 6.42 Å². The summed E-state index contributed by atoms with van der Waals surface area (Å²) in [5.74, 6) is -0.569. The Hall–Kier alpha value is -2.53. The molecule has 1 fully saturated rings. The Balaban J connectivity index is 1.94. The van der Waals surface area contributed by atoms with E-state index in [4.69, 9.17) is 11.6 Å². The van der Waals surface area contributed by atoms with Gasteiger partial charge in [0.25, 0.3) is 0 Å². The number of alkyl halides is 1. The van der Waals surface area contributed by atoms with Gasteiger partial charge in [0.2, 0.25) is 11.8 Å². The van der Waals surface area contributed by atoms with Crippen LogP contribution >= 0.6 is 11.6 Å². The molecule has 0 heterocycles. The van der Waals surface area contributed by atoms with Crippen molar-refractivity contribution in [1.29, 1.82) is 0 Å². The zero-order chi connectivity index (χ0) is 22.2. The van der Waals surface area contributed by atoms with Crippen molar-refractivity contribution in [3.8, 4) is 0 Å². The predicted octanol–water partition coefficient (Wildman–Crippen LogP) is 4.51. The molecule has 2 aromatic carbocycles. The molecule has 166 valence electrons. The maximum atomic E-state index is 13.5. The summed E-state index contributed by atoms with van der Waals surface area (Å²) in [6, 6.07) is 17.0. The average Bonchev–Trinajstić information content (AvgIpc) is 2.79. The third-order valence-corrected chi connectivity index (χ3v) is 6.10. The Bertz CT molecular complexity index is 849. The molecule has 1 unspecified atom stereocenters. The molecule has 1 N–H and O–H groups in total. The summed E-state index contributed by atoms with van der Waals surface area (Å²) in [4.78, 5) is 30.0. The van der Waals surface area contributed by atoms with Gasteiger partial charge >= 0.3 is 0 Å². The lowest BCUT2D eigenvalue weighted by molar-refractivity contribution is -0.140. The van der Waals surface area contributed by atoms with E-state index in [0.29, 0.717) is 6.54 Å². The molecule has 0 radical (unpaired) electrons. The van der Waals surface area contributed by atoms with Gasteiger partial charge < -0.3 is 15.1 Å². The molecule has 1 saturated carbocycles. The first-order valence-electron chi connectivity index (χ1n) is 11.0. The van der Waals surface area contributed by atoms with E-state index in [2.05, 4.69) is 5.32 Å². The zero-order valence-electron chi connectivity index (χ0n) is 18.4. The van der Waals surface area contributed by atoms with Gasteiger partial charge in [-0.15, -0.1) is 11.6 Å². The van der Waals surface area contributed by atoms with Gasteiger partial charge in [0, 0.05) is 32.4 Å². The highest BCUT2D eigenvalue weighted by Gasteiger charge is 2.32. The van der Waals surface area contributed by atoms with Crippen LogP contribution in [0.5, 0.6) is 0 Å². The summed E-state index contributed by atoms with van der Waals surface area (Å²) in [7, 11) is 3.95. The molecule has 2 amide bonds. The Morgan fingerprint density at radius 1 is 1.00 bits per heavy atom. The minimum atomic E-state index is -0.732. The second kappa shape index (κ2) is 11.2. The number of halogens is 1. The minimum absolute atomic E-state index is 0.140. The van der Waals surface area contributed by atoms with Gasteiger partial charge in [0.1, 0.15) is 11.9 Å². The van der Waals surface area contributed by atoms with E-state index in [0.717, 1.165) is 42.5 Å². The SMILES string of the molecule is CN(C)c1ccc(C(C(=O)NC2CCCCC2)N(Cc2ccccc2)C(=O)CCl)cc1. The first kappa shape index (κ1) is 23.1. The van der Waals surface area contributed by atoms with Gasteiger partial charge in [-0.1, -0.05) is 61.7 Å². The number of nitrogens with one attached hydrogen (secondary N) is 1. The van der Waals surface area contributed by atoms with Crippen LogP contribution in [0.2, 0.25) is 0 Å². The number of anilines is 1. The lowest BCUT2D eigenvalue weighted by atomic mass is 9.94. The molecule has 6 heteroatoms. The normalized spacial score (nSPS) is 15.2. The molecule has 1 atom stereocenters. The summed E-state index contributed by atoms with van der Waals surface area (Å²) in [5.41, 5.74) is 2.78. The minimum Gasteiger partial charge on any atom is -0.378 e. The number of carbonyl (C=O) groups is 2. The van der Waals surface area contributed by atoms with E-state index in [-0.39, 0.29) is 23.7 Å². The second-order valence-electron chi connectivity index (χ2n) is 8.37. The first-order chi connectivity index (χ1) is 15.0. The molecular formula is C25H32ClN3O2. The molecule has 2 aromatic rings. The quantitative estimate of drug-likeness (QED) is 0.613. The number of nitrogens with zero attached hydrogens (tertiary/aromatic N) is 2. The van der Waals surface area contributed by atoms with Gasteiger partial charge in [-0.2, -0.15) is 0 Å². The Morgan fingerprint density at radius 3 is 2.23 bits per heavy atom. The summed E-state index contributed by atoms with van der Waals surface area (Å²) in [6.45, 7) is 0.324. The van der Waals surface area contributed by atoms with E-state index in [1.807, 2.05) is 73.6 Å². The third kappa shape index (κ3) is 6.23. The smallest absolute Gasteiger partial charge is 0.247 e. The molecule has 31 heavy (non-hydrogen) atoms. The molecule has 5 nitrogen and oxygen atoms in total. The standard InChI is InChI=1S/C25H32ClN3O2/c1-28(2)22-15-13-20(14-16-22)24(25(31)27-21-11-7-4-8-12-21)29(23(30)17-26)18-19-9-5-3-6-10-19/h3,5-6,9-10,13-16,21,24H,4,7-8,11-12,17-18H2,1-2H3,(H,27,31). The molecule has 0 aliphatic heterocycles. The maximum absolute atomic E-state index is 13.5. The number of rotatable bonds is 8. The monoisotopic (exact) mass is 441 g/mol. The molecular weight excluding hydrogens is 410 g/mol. The first-order valence-corrected chi connectivity index (χ1v) is 11.5. The fourth-order valence-electron chi connectivity index (χ4n) is 4.13. The van der Waals surface area contributed by atoms with E-state index >= 15 is 0 Å². The fraction of sp³-hybridized carbons (Fsp3) is 0.440. The molecule has 0 aromatic heterocycles. The Kier molecular flexibility index (Phi) is 8.35. The molecule has 0 bridgehead atoms. The number of benzene rings is 2. The van der Waals surface area contributed by atoms with Crippen LogP contribution in [-0.2, 0) is 16.1 Å². The van der Waals surface area contributed by atoms with E-state index < -0.39 is 6.04 Å². The highest BCUT2D eigenvalue weighted by atomic mass is 35.5.